The fourth-order valence-electron chi connectivity index (χ4n) is 3.94. The Bertz CT molecular complexity index is 883. The number of ketones is 1. The van der Waals surface area contributed by atoms with Gasteiger partial charge in [-0.3, -0.25) is 14.6 Å². The Morgan fingerprint density at radius 3 is 1.77 bits per heavy atom. The highest BCUT2D eigenvalue weighted by Crippen LogP contribution is 2.26. The van der Waals surface area contributed by atoms with Crippen LogP contribution in [0.2, 0.25) is 0 Å². The molecule has 1 atom stereocenters. The van der Waals surface area contributed by atoms with Crippen LogP contribution in [0.3, 0.4) is 0 Å². The second-order valence-electron chi connectivity index (χ2n) is 7.34. The van der Waals surface area contributed by atoms with Crippen LogP contribution in [-0.4, -0.2) is 41.8 Å². The summed E-state index contributed by atoms with van der Waals surface area (Å²) in [6, 6.07) is 30.2. The summed E-state index contributed by atoms with van der Waals surface area (Å²) < 4.78 is 0. The average Bonchev–Trinajstić information content (AvgIpc) is 2.77. The zero-order valence-corrected chi connectivity index (χ0v) is 18.5. The largest absolute Gasteiger partial charge is 0.297 e. The predicted molar refractivity (Wildman–Crippen MR) is 128 cm³/mol. The van der Waals surface area contributed by atoms with Gasteiger partial charge in [-0.15, -0.1) is 24.8 Å². The third-order valence-electron chi connectivity index (χ3n) is 5.44. The molecule has 1 aliphatic heterocycles. The van der Waals surface area contributed by atoms with Crippen LogP contribution in [0.1, 0.15) is 27.5 Å². The van der Waals surface area contributed by atoms with Crippen LogP contribution in [-0.2, 0) is 6.54 Å². The summed E-state index contributed by atoms with van der Waals surface area (Å²) >= 11 is 0. The molecule has 1 heterocycles. The molecular formula is C25H28Cl2N2O. The van der Waals surface area contributed by atoms with Crippen LogP contribution in [0.4, 0.5) is 0 Å². The maximum Gasteiger partial charge on any atom is 0.184 e. The quantitative estimate of drug-likeness (QED) is 0.485. The van der Waals surface area contributed by atoms with E-state index < -0.39 is 0 Å². The molecule has 1 fully saturated rings. The third kappa shape index (κ3) is 5.93. The summed E-state index contributed by atoms with van der Waals surface area (Å²) in [7, 11) is 0. The molecule has 1 saturated heterocycles. The molecule has 5 heteroatoms. The first kappa shape index (κ1) is 24.1. The van der Waals surface area contributed by atoms with E-state index in [9.17, 15) is 4.79 Å². The normalized spacial score (nSPS) is 15.5. The van der Waals surface area contributed by atoms with Crippen LogP contribution in [0.15, 0.2) is 91.0 Å². The highest BCUT2D eigenvalue weighted by atomic mass is 35.5. The van der Waals surface area contributed by atoms with Crippen molar-refractivity contribution < 1.29 is 4.79 Å². The van der Waals surface area contributed by atoms with Gasteiger partial charge in [-0.25, -0.2) is 0 Å². The summed E-state index contributed by atoms with van der Waals surface area (Å²) in [6.45, 7) is 4.70. The molecule has 1 aliphatic rings. The number of nitrogens with zero attached hydrogens (tertiary/aromatic N) is 2. The van der Waals surface area contributed by atoms with Crippen molar-refractivity contribution in [2.24, 2.45) is 0 Å². The van der Waals surface area contributed by atoms with Crippen molar-refractivity contribution in [2.45, 2.75) is 12.6 Å². The monoisotopic (exact) mass is 442 g/mol. The van der Waals surface area contributed by atoms with E-state index in [1.165, 1.54) is 5.56 Å². The molecule has 3 aromatic rings. The van der Waals surface area contributed by atoms with E-state index in [1.807, 2.05) is 48.5 Å². The smallest absolute Gasteiger partial charge is 0.184 e. The van der Waals surface area contributed by atoms with Crippen LogP contribution >= 0.6 is 24.8 Å². The van der Waals surface area contributed by atoms with Crippen molar-refractivity contribution in [3.8, 4) is 0 Å². The summed E-state index contributed by atoms with van der Waals surface area (Å²) in [6.07, 6.45) is 0. The zero-order chi connectivity index (χ0) is 19.2. The number of piperazine rings is 1. The number of benzene rings is 3. The Hall–Kier alpha value is -2.17. The van der Waals surface area contributed by atoms with Gasteiger partial charge >= 0.3 is 0 Å². The molecule has 0 spiro atoms. The van der Waals surface area contributed by atoms with E-state index in [2.05, 4.69) is 52.3 Å². The Morgan fingerprint density at radius 1 is 0.700 bits per heavy atom. The van der Waals surface area contributed by atoms with E-state index in [1.54, 1.807) is 0 Å². The zero-order valence-electron chi connectivity index (χ0n) is 16.9. The molecule has 30 heavy (non-hydrogen) atoms. The van der Waals surface area contributed by atoms with Crippen molar-refractivity contribution in [2.75, 3.05) is 26.2 Å². The predicted octanol–water partition coefficient (Wildman–Crippen LogP) is 5.27. The fraction of sp³-hybridized carbons (Fsp3) is 0.240. The minimum atomic E-state index is -0.220. The van der Waals surface area contributed by atoms with Gasteiger partial charge in [-0.05, 0) is 11.1 Å². The number of Topliss-reactive ketones (excluding diaryl/α,β-unsaturated/α-hetero) is 1. The topological polar surface area (TPSA) is 23.6 Å². The molecule has 0 saturated carbocycles. The Balaban J connectivity index is 0.00000160. The second kappa shape index (κ2) is 11.9. The fourth-order valence-corrected chi connectivity index (χ4v) is 3.94. The highest BCUT2D eigenvalue weighted by molar-refractivity contribution is 6.00. The van der Waals surface area contributed by atoms with E-state index in [4.69, 9.17) is 0 Å². The molecule has 158 valence electrons. The number of carbonyl (C=O) groups is 1. The van der Waals surface area contributed by atoms with Gasteiger partial charge in [0.15, 0.2) is 5.78 Å². The molecule has 0 bridgehead atoms. The molecule has 0 aliphatic carbocycles. The van der Waals surface area contributed by atoms with Crippen LogP contribution in [0.5, 0.6) is 0 Å². The van der Waals surface area contributed by atoms with E-state index in [0.717, 1.165) is 43.9 Å². The third-order valence-corrected chi connectivity index (χ3v) is 5.44. The number of hydrogen-bond acceptors (Lipinski definition) is 3. The van der Waals surface area contributed by atoms with Crippen molar-refractivity contribution in [1.82, 2.24) is 9.80 Å². The van der Waals surface area contributed by atoms with Gasteiger partial charge in [0.25, 0.3) is 0 Å². The van der Waals surface area contributed by atoms with Crippen molar-refractivity contribution >= 4 is 30.6 Å². The number of hydrogen-bond donors (Lipinski definition) is 0. The lowest BCUT2D eigenvalue weighted by atomic mass is 9.95. The number of carbonyl (C=O) groups excluding carboxylic acids is 1. The van der Waals surface area contributed by atoms with E-state index in [-0.39, 0.29) is 36.6 Å². The Morgan fingerprint density at radius 2 is 1.20 bits per heavy atom. The number of halogens is 2. The summed E-state index contributed by atoms with van der Waals surface area (Å²) in [4.78, 5) is 18.2. The molecular weight excluding hydrogens is 415 g/mol. The molecule has 4 rings (SSSR count). The molecule has 3 aromatic carbocycles. The van der Waals surface area contributed by atoms with E-state index in [0.29, 0.717) is 0 Å². The molecule has 0 radical (unpaired) electrons. The summed E-state index contributed by atoms with van der Waals surface area (Å²) in [5, 5.41) is 0. The maximum atomic E-state index is 13.4. The van der Waals surface area contributed by atoms with Crippen LogP contribution in [0, 0.1) is 0 Å². The first-order valence-electron chi connectivity index (χ1n) is 9.96. The first-order chi connectivity index (χ1) is 13.8. The molecule has 0 amide bonds. The van der Waals surface area contributed by atoms with Crippen LogP contribution < -0.4 is 0 Å². The SMILES string of the molecule is Cl.Cl.O=C(c1ccccc1)C(c1ccccc1)N1CCN(Cc2ccccc2)CC1. The minimum Gasteiger partial charge on any atom is -0.297 e. The molecule has 0 N–H and O–H groups in total. The lowest BCUT2D eigenvalue weighted by molar-refractivity contribution is 0.0650. The van der Waals surface area contributed by atoms with Gasteiger partial charge in [0.2, 0.25) is 0 Å². The molecule has 0 aromatic heterocycles. The maximum absolute atomic E-state index is 13.4. The average molecular weight is 443 g/mol. The van der Waals surface area contributed by atoms with E-state index >= 15 is 0 Å². The van der Waals surface area contributed by atoms with Gasteiger partial charge in [-0.1, -0.05) is 91.0 Å². The second-order valence-corrected chi connectivity index (χ2v) is 7.34. The standard InChI is InChI=1S/C25H26N2O.2ClH/c28-25(23-14-8-3-9-15-23)24(22-12-6-2-7-13-22)27-18-16-26(17-19-27)20-21-10-4-1-5-11-21;;/h1-15,24H,16-20H2;2*1H. The van der Waals surface area contributed by atoms with Gasteiger partial charge in [0.1, 0.15) is 0 Å². The van der Waals surface area contributed by atoms with Crippen molar-refractivity contribution in [3.05, 3.63) is 108 Å². The lowest BCUT2D eigenvalue weighted by Crippen LogP contribution is -2.48. The van der Waals surface area contributed by atoms with Gasteiger partial charge in [-0.2, -0.15) is 0 Å². The van der Waals surface area contributed by atoms with Gasteiger partial charge < -0.3 is 0 Å². The first-order valence-corrected chi connectivity index (χ1v) is 9.96. The summed E-state index contributed by atoms with van der Waals surface area (Å²) in [5.41, 5.74) is 3.20. The molecule has 3 nitrogen and oxygen atoms in total. The van der Waals surface area contributed by atoms with Crippen molar-refractivity contribution in [1.29, 1.82) is 0 Å². The Labute approximate surface area is 191 Å². The molecule has 1 unspecified atom stereocenters. The number of rotatable bonds is 6. The summed E-state index contributed by atoms with van der Waals surface area (Å²) in [5.74, 6) is 0.184. The van der Waals surface area contributed by atoms with Crippen molar-refractivity contribution in [3.63, 3.8) is 0 Å². The van der Waals surface area contributed by atoms with Gasteiger partial charge in [0, 0.05) is 38.3 Å². The minimum absolute atomic E-state index is 0. The Kier molecular flexibility index (Phi) is 9.54. The lowest BCUT2D eigenvalue weighted by Gasteiger charge is -2.39. The van der Waals surface area contributed by atoms with Crippen LogP contribution in [0.25, 0.3) is 0 Å². The highest BCUT2D eigenvalue weighted by Gasteiger charge is 2.30. The van der Waals surface area contributed by atoms with Gasteiger partial charge in [0.05, 0.1) is 6.04 Å².